The third-order valence-electron chi connectivity index (χ3n) is 5.03. The molecule has 1 aliphatic heterocycles. The lowest BCUT2D eigenvalue weighted by molar-refractivity contribution is -0.137. The molecule has 3 aromatic rings. The zero-order valence-corrected chi connectivity index (χ0v) is 16.1. The van der Waals surface area contributed by atoms with Crippen molar-refractivity contribution < 1.29 is 18.3 Å². The SMILES string of the molecule is OCCN1CCN(c2nc(Nc3ccc(C(F)(F)F)cc3)c3cnccc3n2)CC1. The normalized spacial score (nSPS) is 15.5. The minimum absolute atomic E-state index is 0.126. The summed E-state index contributed by atoms with van der Waals surface area (Å²) >= 11 is 0. The van der Waals surface area contributed by atoms with Gasteiger partial charge in [0.05, 0.1) is 23.1 Å². The molecule has 0 atom stereocenters. The number of hydrogen-bond acceptors (Lipinski definition) is 7. The first-order valence-electron chi connectivity index (χ1n) is 9.58. The highest BCUT2D eigenvalue weighted by atomic mass is 19.4. The first-order chi connectivity index (χ1) is 14.4. The highest BCUT2D eigenvalue weighted by Crippen LogP contribution is 2.31. The number of benzene rings is 1. The molecule has 0 bridgehead atoms. The summed E-state index contributed by atoms with van der Waals surface area (Å²) in [7, 11) is 0. The van der Waals surface area contributed by atoms with Crippen LogP contribution in [0.2, 0.25) is 0 Å². The largest absolute Gasteiger partial charge is 0.416 e. The average molecular weight is 418 g/mol. The minimum atomic E-state index is -4.38. The summed E-state index contributed by atoms with van der Waals surface area (Å²) in [5.74, 6) is 1.03. The molecule has 0 unspecified atom stereocenters. The first kappa shape index (κ1) is 20.3. The number of nitrogens with zero attached hydrogens (tertiary/aromatic N) is 5. The van der Waals surface area contributed by atoms with Gasteiger partial charge in [-0.1, -0.05) is 0 Å². The molecule has 0 radical (unpaired) electrons. The smallest absolute Gasteiger partial charge is 0.395 e. The van der Waals surface area contributed by atoms with Gasteiger partial charge in [0.25, 0.3) is 0 Å². The number of alkyl halides is 3. The van der Waals surface area contributed by atoms with E-state index in [0.717, 1.165) is 38.3 Å². The number of aromatic nitrogens is 3. The van der Waals surface area contributed by atoms with Crippen molar-refractivity contribution >= 4 is 28.4 Å². The van der Waals surface area contributed by atoms with Crippen molar-refractivity contribution in [1.82, 2.24) is 19.9 Å². The number of anilines is 3. The Kier molecular flexibility index (Phi) is 5.69. The molecule has 7 nitrogen and oxygen atoms in total. The second-order valence-electron chi connectivity index (χ2n) is 7.02. The lowest BCUT2D eigenvalue weighted by Crippen LogP contribution is -2.47. The van der Waals surface area contributed by atoms with E-state index in [-0.39, 0.29) is 6.61 Å². The standard InChI is InChI=1S/C20H21F3N6O/c21-20(22,23)14-1-3-15(4-2-14)25-18-16-13-24-6-5-17(16)26-19(27-18)29-9-7-28(8-10-29)11-12-30/h1-6,13,30H,7-12H2,(H,25,26,27). The highest BCUT2D eigenvalue weighted by Gasteiger charge is 2.30. The van der Waals surface area contributed by atoms with Crippen LogP contribution < -0.4 is 10.2 Å². The molecule has 158 valence electrons. The van der Waals surface area contributed by atoms with E-state index in [2.05, 4.69) is 30.1 Å². The zero-order valence-electron chi connectivity index (χ0n) is 16.1. The topological polar surface area (TPSA) is 77.4 Å². The van der Waals surface area contributed by atoms with Crippen LogP contribution in [-0.4, -0.2) is 64.3 Å². The molecule has 1 saturated heterocycles. The summed E-state index contributed by atoms with van der Waals surface area (Å²) in [6.45, 7) is 3.78. The van der Waals surface area contributed by atoms with Crippen molar-refractivity contribution in [3.63, 3.8) is 0 Å². The third-order valence-corrected chi connectivity index (χ3v) is 5.03. The second kappa shape index (κ2) is 8.41. The van der Waals surface area contributed by atoms with Crippen molar-refractivity contribution in [3.05, 3.63) is 48.3 Å². The maximum Gasteiger partial charge on any atom is 0.416 e. The molecule has 0 spiro atoms. The first-order valence-corrected chi connectivity index (χ1v) is 9.58. The van der Waals surface area contributed by atoms with Crippen LogP contribution in [0.15, 0.2) is 42.7 Å². The van der Waals surface area contributed by atoms with Gasteiger partial charge in [0.2, 0.25) is 5.95 Å². The van der Waals surface area contributed by atoms with E-state index in [9.17, 15) is 13.2 Å². The van der Waals surface area contributed by atoms with E-state index in [1.807, 2.05) is 0 Å². The molecule has 3 heterocycles. The van der Waals surface area contributed by atoms with Crippen molar-refractivity contribution in [3.8, 4) is 0 Å². The molecule has 0 saturated carbocycles. The second-order valence-corrected chi connectivity index (χ2v) is 7.02. The van der Waals surface area contributed by atoms with Gasteiger partial charge in [-0.2, -0.15) is 18.2 Å². The van der Waals surface area contributed by atoms with E-state index < -0.39 is 11.7 Å². The van der Waals surface area contributed by atoms with Crippen LogP contribution in [0, 0.1) is 0 Å². The Morgan fingerprint density at radius 3 is 2.40 bits per heavy atom. The van der Waals surface area contributed by atoms with Crippen molar-refractivity contribution in [2.45, 2.75) is 6.18 Å². The predicted octanol–water partition coefficient (Wildman–Crippen LogP) is 2.90. The maximum atomic E-state index is 12.8. The van der Waals surface area contributed by atoms with Gasteiger partial charge in [-0.3, -0.25) is 9.88 Å². The number of aliphatic hydroxyl groups excluding tert-OH is 1. The monoisotopic (exact) mass is 418 g/mol. The van der Waals surface area contributed by atoms with Gasteiger partial charge in [0.1, 0.15) is 5.82 Å². The average Bonchev–Trinajstić information content (AvgIpc) is 2.74. The summed E-state index contributed by atoms with van der Waals surface area (Å²) in [5, 5.41) is 12.9. The van der Waals surface area contributed by atoms with Gasteiger partial charge in [-0.15, -0.1) is 0 Å². The van der Waals surface area contributed by atoms with Crippen LogP contribution in [0.25, 0.3) is 10.9 Å². The minimum Gasteiger partial charge on any atom is -0.395 e. The van der Waals surface area contributed by atoms with Gasteiger partial charge >= 0.3 is 6.18 Å². The number of nitrogens with one attached hydrogen (secondary N) is 1. The van der Waals surface area contributed by atoms with E-state index in [1.165, 1.54) is 12.1 Å². The Balaban J connectivity index is 1.61. The lowest BCUT2D eigenvalue weighted by Gasteiger charge is -2.34. The van der Waals surface area contributed by atoms with Crippen LogP contribution in [0.3, 0.4) is 0 Å². The summed E-state index contributed by atoms with van der Waals surface area (Å²) in [6, 6.07) is 6.60. The van der Waals surface area contributed by atoms with Crippen LogP contribution in [0.1, 0.15) is 5.56 Å². The molecule has 2 N–H and O–H groups in total. The van der Waals surface area contributed by atoms with Gasteiger partial charge < -0.3 is 15.3 Å². The van der Waals surface area contributed by atoms with E-state index in [1.54, 1.807) is 18.5 Å². The number of hydrogen-bond donors (Lipinski definition) is 2. The van der Waals surface area contributed by atoms with Crippen LogP contribution in [0.4, 0.5) is 30.6 Å². The van der Waals surface area contributed by atoms with Crippen LogP contribution in [-0.2, 0) is 6.18 Å². The molecule has 2 aromatic heterocycles. The van der Waals surface area contributed by atoms with E-state index >= 15 is 0 Å². The molecule has 1 fully saturated rings. The highest BCUT2D eigenvalue weighted by molar-refractivity contribution is 5.91. The molecular formula is C20H21F3N6O. The number of piperazine rings is 1. The Hall–Kier alpha value is -2.98. The summed E-state index contributed by atoms with van der Waals surface area (Å²) < 4.78 is 38.5. The number of fused-ring (bicyclic) bond motifs is 1. The Morgan fingerprint density at radius 1 is 1.00 bits per heavy atom. The fourth-order valence-corrected chi connectivity index (χ4v) is 3.39. The van der Waals surface area contributed by atoms with Crippen molar-refractivity contribution in [1.29, 1.82) is 0 Å². The summed E-state index contributed by atoms with van der Waals surface area (Å²) in [4.78, 5) is 17.6. The number of halogens is 3. The van der Waals surface area contributed by atoms with Crippen LogP contribution in [0.5, 0.6) is 0 Å². The van der Waals surface area contributed by atoms with Crippen molar-refractivity contribution in [2.75, 3.05) is 49.5 Å². The third kappa shape index (κ3) is 4.44. The summed E-state index contributed by atoms with van der Waals surface area (Å²) in [5.41, 5.74) is 0.483. The number of aliphatic hydroxyl groups is 1. The number of β-amino-alcohol motifs (C(OH)–C–C–N with tert-alkyl or cyclic N) is 1. The lowest BCUT2D eigenvalue weighted by atomic mass is 10.2. The van der Waals surface area contributed by atoms with Gasteiger partial charge in [-0.25, -0.2) is 4.98 Å². The fraction of sp³-hybridized carbons (Fsp3) is 0.350. The Bertz CT molecular complexity index is 1000. The van der Waals surface area contributed by atoms with Crippen LogP contribution >= 0.6 is 0 Å². The van der Waals surface area contributed by atoms with Gasteiger partial charge in [0, 0.05) is 50.8 Å². The Morgan fingerprint density at radius 2 is 1.73 bits per heavy atom. The Labute approximate surface area is 171 Å². The van der Waals surface area contributed by atoms with Gasteiger partial charge in [-0.05, 0) is 30.3 Å². The number of rotatable bonds is 5. The molecule has 1 aromatic carbocycles. The number of pyridine rings is 1. The van der Waals surface area contributed by atoms with Crippen molar-refractivity contribution in [2.24, 2.45) is 0 Å². The molecule has 0 aliphatic carbocycles. The van der Waals surface area contributed by atoms with E-state index in [4.69, 9.17) is 5.11 Å². The molecule has 4 rings (SSSR count). The van der Waals surface area contributed by atoms with E-state index in [0.29, 0.717) is 34.9 Å². The molecular weight excluding hydrogens is 397 g/mol. The molecule has 30 heavy (non-hydrogen) atoms. The maximum absolute atomic E-state index is 12.8. The van der Waals surface area contributed by atoms with Gasteiger partial charge in [0.15, 0.2) is 0 Å². The molecule has 0 amide bonds. The quantitative estimate of drug-likeness (QED) is 0.660. The predicted molar refractivity (Wildman–Crippen MR) is 108 cm³/mol. The molecule has 1 aliphatic rings. The molecule has 10 heteroatoms. The summed E-state index contributed by atoms with van der Waals surface area (Å²) in [6.07, 6.45) is -1.11. The zero-order chi connectivity index (χ0) is 21.1. The fourth-order valence-electron chi connectivity index (χ4n) is 3.39.